The van der Waals surface area contributed by atoms with Gasteiger partial charge in [-0.05, 0) is 74.9 Å². The number of piperidine rings is 2. The molecule has 2 aliphatic heterocycles. The monoisotopic (exact) mass is 580 g/mol. The molecule has 2 amide bonds. The van der Waals surface area contributed by atoms with Crippen molar-refractivity contribution in [1.29, 1.82) is 0 Å². The lowest BCUT2D eigenvalue weighted by atomic mass is 9.88. The highest BCUT2D eigenvalue weighted by Gasteiger charge is 2.33. The molecule has 1 unspecified atom stereocenters. The van der Waals surface area contributed by atoms with E-state index in [0.717, 1.165) is 65.1 Å². The predicted molar refractivity (Wildman–Crippen MR) is 161 cm³/mol. The van der Waals surface area contributed by atoms with E-state index in [9.17, 15) is 14.0 Å². The maximum atomic E-state index is 13.4. The maximum Gasteiger partial charge on any atom is 0.321 e. The van der Waals surface area contributed by atoms with Gasteiger partial charge < -0.3 is 19.7 Å². The third-order valence-corrected chi connectivity index (χ3v) is 9.52. The number of hydrogen-bond donors (Lipinski definition) is 2. The van der Waals surface area contributed by atoms with Gasteiger partial charge in [0.05, 0.1) is 10.6 Å². The number of aromatic nitrogens is 2. The summed E-state index contributed by atoms with van der Waals surface area (Å²) in [6, 6.07) is 10.8. The molecular formula is C31H41FN6O2S. The van der Waals surface area contributed by atoms with Crippen LogP contribution in [0.5, 0.6) is 0 Å². The number of halogens is 1. The van der Waals surface area contributed by atoms with Crippen LogP contribution in [-0.2, 0) is 13.0 Å². The average molecular weight is 581 g/mol. The fourth-order valence-corrected chi connectivity index (χ4v) is 7.17. The van der Waals surface area contributed by atoms with Crippen molar-refractivity contribution in [2.24, 2.45) is 11.8 Å². The summed E-state index contributed by atoms with van der Waals surface area (Å²) >= 11 is 1.22. The van der Waals surface area contributed by atoms with Gasteiger partial charge in [0.15, 0.2) is 10.9 Å². The molecule has 8 nitrogen and oxygen atoms in total. The smallest absolute Gasteiger partial charge is 0.321 e. The molecule has 5 rings (SSSR count). The standard InChI is InChI=1S/C31H41FN6O2S/c1-22-29(23(2)39)41-31(33-22)35-30(40)34-28-11-15-37(17-16-36-12-3-4-13-36)20-26(28)21-38-14-5-6-25(19-38)18-24-7-9-27(32)10-8-24/h3-4,7-10,12-13,25-26,28H,5-6,11,14-21H2,1-2H3,(H2,33,34,35,40)/t25?,26-,28+/m0/s1. The highest BCUT2D eigenvalue weighted by molar-refractivity contribution is 7.17. The number of Topliss-reactive ketones (excluding diaryl/α,β-unsaturated/α-hetero) is 1. The van der Waals surface area contributed by atoms with Crippen LogP contribution in [0.3, 0.4) is 0 Å². The Balaban J connectivity index is 1.21. The Labute approximate surface area is 245 Å². The number of urea groups is 1. The number of aryl methyl sites for hydroxylation is 1. The van der Waals surface area contributed by atoms with Crippen LogP contribution >= 0.6 is 11.3 Å². The van der Waals surface area contributed by atoms with E-state index in [4.69, 9.17) is 0 Å². The fraction of sp³-hybridized carbons (Fsp3) is 0.516. The van der Waals surface area contributed by atoms with Crippen LogP contribution in [0.2, 0.25) is 0 Å². The summed E-state index contributed by atoms with van der Waals surface area (Å²) in [5, 5.41) is 6.57. The van der Waals surface area contributed by atoms with Gasteiger partial charge >= 0.3 is 6.03 Å². The van der Waals surface area contributed by atoms with Crippen LogP contribution in [0.4, 0.5) is 14.3 Å². The van der Waals surface area contributed by atoms with E-state index in [0.29, 0.717) is 21.6 Å². The number of rotatable bonds is 10. The molecule has 0 spiro atoms. The average Bonchev–Trinajstić information content (AvgIpc) is 3.60. The fourth-order valence-electron chi connectivity index (χ4n) is 6.31. The Bertz CT molecular complexity index is 1290. The van der Waals surface area contributed by atoms with Crippen molar-refractivity contribution in [3.63, 3.8) is 0 Å². The summed E-state index contributed by atoms with van der Waals surface area (Å²) in [5.41, 5.74) is 1.83. The number of thiazole rings is 1. The summed E-state index contributed by atoms with van der Waals surface area (Å²) in [5.74, 6) is 0.597. The molecule has 0 radical (unpaired) electrons. The summed E-state index contributed by atoms with van der Waals surface area (Å²) in [6.45, 7) is 10.1. The van der Waals surface area contributed by atoms with E-state index in [1.54, 1.807) is 19.1 Å². The molecule has 1 aromatic carbocycles. The third kappa shape index (κ3) is 8.24. The van der Waals surface area contributed by atoms with E-state index in [-0.39, 0.29) is 29.6 Å². The van der Waals surface area contributed by atoms with E-state index in [1.165, 1.54) is 30.2 Å². The van der Waals surface area contributed by atoms with Crippen LogP contribution in [0.1, 0.15) is 47.1 Å². The molecule has 0 aliphatic carbocycles. The second-order valence-corrected chi connectivity index (χ2v) is 12.6. The number of anilines is 1. The first-order valence-electron chi connectivity index (χ1n) is 14.7. The zero-order valence-electron chi connectivity index (χ0n) is 24.0. The summed E-state index contributed by atoms with van der Waals surface area (Å²) in [6.07, 6.45) is 8.37. The lowest BCUT2D eigenvalue weighted by molar-refractivity contribution is 0.0835. The first-order chi connectivity index (χ1) is 19.8. The second kappa shape index (κ2) is 13.7. The number of carbonyl (C=O) groups excluding carboxylic acids is 2. The molecule has 3 atom stereocenters. The maximum absolute atomic E-state index is 13.4. The topological polar surface area (TPSA) is 82.5 Å². The van der Waals surface area contributed by atoms with Gasteiger partial charge in [-0.3, -0.25) is 10.1 Å². The van der Waals surface area contributed by atoms with Gasteiger partial charge in [0.25, 0.3) is 0 Å². The van der Waals surface area contributed by atoms with Crippen LogP contribution in [-0.4, -0.2) is 76.5 Å². The molecule has 2 aliphatic rings. The Hall–Kier alpha value is -3.08. The Kier molecular flexibility index (Phi) is 9.84. The lowest BCUT2D eigenvalue weighted by Crippen LogP contribution is -2.56. The number of benzene rings is 1. The third-order valence-electron chi connectivity index (χ3n) is 8.35. The molecular weight excluding hydrogens is 539 g/mol. The van der Waals surface area contributed by atoms with E-state index in [1.807, 2.05) is 12.1 Å². The van der Waals surface area contributed by atoms with Crippen molar-refractivity contribution >= 4 is 28.3 Å². The van der Waals surface area contributed by atoms with Crippen LogP contribution in [0, 0.1) is 24.6 Å². The Morgan fingerprint density at radius 3 is 2.56 bits per heavy atom. The zero-order valence-corrected chi connectivity index (χ0v) is 24.8. The summed E-state index contributed by atoms with van der Waals surface area (Å²) in [7, 11) is 0. The van der Waals surface area contributed by atoms with Gasteiger partial charge in [-0.2, -0.15) is 0 Å². The number of carbonyl (C=O) groups is 2. The molecule has 220 valence electrons. The first kappa shape index (κ1) is 29.4. The molecule has 2 fully saturated rings. The number of likely N-dealkylation sites (tertiary alicyclic amines) is 2. The van der Waals surface area contributed by atoms with E-state index < -0.39 is 0 Å². The lowest BCUT2D eigenvalue weighted by Gasteiger charge is -2.42. The van der Waals surface area contributed by atoms with Gasteiger partial charge in [-0.25, -0.2) is 14.2 Å². The Morgan fingerprint density at radius 2 is 1.83 bits per heavy atom. The van der Waals surface area contributed by atoms with E-state index >= 15 is 0 Å². The quantitative estimate of drug-likeness (QED) is 0.328. The van der Waals surface area contributed by atoms with Crippen molar-refractivity contribution < 1.29 is 14.0 Å². The molecule has 2 saturated heterocycles. The van der Waals surface area contributed by atoms with Crippen LogP contribution < -0.4 is 10.6 Å². The SMILES string of the molecule is CC(=O)c1sc(NC(=O)N[C@@H]2CCN(CCn3cccc3)C[C@H]2CN2CCCC(Cc3ccc(F)cc3)C2)nc1C. The van der Waals surface area contributed by atoms with Gasteiger partial charge in [0.1, 0.15) is 5.82 Å². The zero-order chi connectivity index (χ0) is 28.8. The van der Waals surface area contributed by atoms with Gasteiger partial charge in [0.2, 0.25) is 0 Å². The highest BCUT2D eigenvalue weighted by Crippen LogP contribution is 2.26. The number of ketones is 1. The molecule has 0 saturated carbocycles. The number of nitrogens with zero attached hydrogens (tertiary/aromatic N) is 4. The number of hydrogen-bond acceptors (Lipinski definition) is 6. The van der Waals surface area contributed by atoms with Crippen LogP contribution in [0.25, 0.3) is 0 Å². The molecule has 10 heteroatoms. The summed E-state index contributed by atoms with van der Waals surface area (Å²) < 4.78 is 15.6. The van der Waals surface area contributed by atoms with Crippen molar-refractivity contribution in [1.82, 2.24) is 24.7 Å². The molecule has 41 heavy (non-hydrogen) atoms. The van der Waals surface area contributed by atoms with Gasteiger partial charge in [-0.15, -0.1) is 0 Å². The normalized spacial score (nSPS) is 22.0. The second-order valence-electron chi connectivity index (χ2n) is 11.6. The van der Waals surface area contributed by atoms with E-state index in [2.05, 4.69) is 54.5 Å². The minimum absolute atomic E-state index is 0.0416. The summed E-state index contributed by atoms with van der Waals surface area (Å²) in [4.78, 5) is 34.9. The number of amides is 2. The molecule has 2 aromatic heterocycles. The Morgan fingerprint density at radius 1 is 1.05 bits per heavy atom. The van der Waals surface area contributed by atoms with Crippen molar-refractivity contribution in [2.75, 3.05) is 44.6 Å². The first-order valence-corrected chi connectivity index (χ1v) is 15.5. The molecule has 2 N–H and O–H groups in total. The largest absolute Gasteiger partial charge is 0.353 e. The molecule has 0 bridgehead atoms. The van der Waals surface area contributed by atoms with Gasteiger partial charge in [0, 0.05) is 70.5 Å². The number of nitrogens with one attached hydrogen (secondary N) is 2. The van der Waals surface area contributed by atoms with Crippen molar-refractivity contribution in [3.8, 4) is 0 Å². The minimum Gasteiger partial charge on any atom is -0.353 e. The van der Waals surface area contributed by atoms with Gasteiger partial charge in [-0.1, -0.05) is 23.5 Å². The molecule has 4 heterocycles. The minimum atomic E-state index is -0.266. The van der Waals surface area contributed by atoms with Crippen molar-refractivity contribution in [3.05, 3.63) is 70.7 Å². The predicted octanol–water partition coefficient (Wildman–Crippen LogP) is 5.06. The highest BCUT2D eigenvalue weighted by atomic mass is 32.1. The van der Waals surface area contributed by atoms with Crippen molar-refractivity contribution in [2.45, 2.75) is 52.1 Å². The molecule has 3 aromatic rings. The van der Waals surface area contributed by atoms with Crippen LogP contribution in [0.15, 0.2) is 48.8 Å².